The van der Waals surface area contributed by atoms with Gasteiger partial charge in [-0.2, -0.15) is 0 Å². The second-order valence-corrected chi connectivity index (χ2v) is 20.5. The normalized spacial score (nSPS) is 16.1. The summed E-state index contributed by atoms with van der Waals surface area (Å²) in [6.07, 6.45) is 23.1. The summed E-state index contributed by atoms with van der Waals surface area (Å²) in [7, 11) is -0.261. The van der Waals surface area contributed by atoms with Gasteiger partial charge in [-0.1, -0.05) is 45.4 Å². The number of hydrogen-bond acceptors (Lipinski definition) is 1. The van der Waals surface area contributed by atoms with Gasteiger partial charge in [0.05, 0.1) is 0 Å². The zero-order valence-electron chi connectivity index (χ0n) is 25.6. The third-order valence-electron chi connectivity index (χ3n) is 8.96. The minimum atomic E-state index is -1.44. The van der Waals surface area contributed by atoms with Crippen molar-refractivity contribution in [3.8, 4) is 0 Å². The van der Waals surface area contributed by atoms with Crippen molar-refractivity contribution in [1.82, 2.24) is 3.80 Å². The first-order valence-electron chi connectivity index (χ1n) is 16.0. The zero-order chi connectivity index (χ0) is 26.9. The van der Waals surface area contributed by atoms with Crippen LogP contribution in [0.3, 0.4) is 0 Å². The Kier molecular flexibility index (Phi) is 17.4. The molecule has 0 fully saturated rings. The van der Waals surface area contributed by atoms with Gasteiger partial charge in [0.25, 0.3) is 0 Å². The molecule has 0 spiro atoms. The second-order valence-electron chi connectivity index (χ2n) is 11.9. The third-order valence-corrected chi connectivity index (χ3v) is 19.9. The molecule has 0 aromatic heterocycles. The van der Waals surface area contributed by atoms with E-state index in [9.17, 15) is 0 Å². The van der Waals surface area contributed by atoms with E-state index in [0.29, 0.717) is 5.92 Å². The molecule has 37 heavy (non-hydrogen) atoms. The molecular weight excluding hydrogens is 498 g/mol. The molecule has 1 nitrogen and oxygen atoms in total. The van der Waals surface area contributed by atoms with E-state index in [4.69, 9.17) is 0 Å². The first-order valence-corrected chi connectivity index (χ1v) is 22.3. The summed E-state index contributed by atoms with van der Waals surface area (Å²) in [5.41, 5.74) is 6.37. The Morgan fingerprint density at radius 1 is 0.676 bits per heavy atom. The Morgan fingerprint density at radius 2 is 1.16 bits per heavy atom. The quantitative estimate of drug-likeness (QED) is 0.117. The first-order chi connectivity index (χ1) is 18.0. The standard InChI is InChI=1S/C18H38N.C9H13.C7H9Si.Ti/c1-2-3-4-5-6-7-8-9-10-11-12-13-14-15-16-17-18-19;1-6-5-7(2)9(4)8(6)3;1-6-4-2-3-5-7(6)8;/h19H,2-18H2,1H3;6H,1-4H3;2-5H,8H2,1H3;/q-1;;;+1. The van der Waals surface area contributed by atoms with Gasteiger partial charge in [-0.25, -0.2) is 0 Å². The molecule has 1 aromatic carbocycles. The summed E-state index contributed by atoms with van der Waals surface area (Å²) in [5.74, 6) is 0.671. The van der Waals surface area contributed by atoms with Gasteiger partial charge in [-0.15, -0.1) is 0 Å². The molecule has 0 heterocycles. The van der Waals surface area contributed by atoms with E-state index in [2.05, 4.69) is 69.6 Å². The van der Waals surface area contributed by atoms with Crippen molar-refractivity contribution in [1.29, 1.82) is 0 Å². The van der Waals surface area contributed by atoms with Gasteiger partial charge in [0, 0.05) is 0 Å². The van der Waals surface area contributed by atoms with Crippen LogP contribution in [0.2, 0.25) is 0 Å². The molecule has 0 saturated carbocycles. The average Bonchev–Trinajstić information content (AvgIpc) is 3.08. The maximum absolute atomic E-state index is 4.23. The molecule has 0 amide bonds. The average molecular weight is 559 g/mol. The third kappa shape index (κ3) is 12.1. The predicted molar refractivity (Wildman–Crippen MR) is 167 cm³/mol. The number of benzene rings is 1. The molecule has 2 rings (SSSR count). The number of hydrogen-bond donors (Lipinski definition) is 1. The molecule has 0 radical (unpaired) electrons. The van der Waals surface area contributed by atoms with Gasteiger partial charge >= 0.3 is 195 Å². The Labute approximate surface area is 239 Å². The van der Waals surface area contributed by atoms with E-state index in [0.717, 1.165) is 0 Å². The van der Waals surface area contributed by atoms with Crippen molar-refractivity contribution in [3.05, 3.63) is 50.4 Å². The fourth-order valence-electron chi connectivity index (χ4n) is 6.02. The van der Waals surface area contributed by atoms with Crippen LogP contribution < -0.4 is 8.99 Å². The summed E-state index contributed by atoms with van der Waals surface area (Å²) in [6, 6.07) is 9.21. The van der Waals surface area contributed by atoms with Gasteiger partial charge in [0.2, 0.25) is 0 Å². The summed E-state index contributed by atoms with van der Waals surface area (Å²) in [6.45, 7) is 15.5. The van der Waals surface area contributed by atoms with Gasteiger partial charge in [0.1, 0.15) is 0 Å². The summed E-state index contributed by atoms with van der Waals surface area (Å²) in [5, 5.41) is 1.70. The number of unbranched alkanes of at least 4 members (excludes halogenated alkanes) is 15. The molecular formula is C34H60NSiTi. The van der Waals surface area contributed by atoms with Crippen LogP contribution in [0.1, 0.15) is 143 Å². The van der Waals surface area contributed by atoms with Gasteiger partial charge in [-0.05, 0) is 0 Å². The van der Waals surface area contributed by atoms with E-state index < -0.39 is 17.4 Å². The molecule has 1 N–H and O–H groups in total. The van der Waals surface area contributed by atoms with Crippen LogP contribution in [0.15, 0.2) is 44.9 Å². The minimum absolute atomic E-state index is 0.261. The van der Waals surface area contributed by atoms with E-state index in [1.807, 2.05) is 3.88 Å². The topological polar surface area (TPSA) is 12.0 Å². The number of allylic oxidation sites excluding steroid dienone is 4. The molecule has 0 saturated heterocycles. The predicted octanol–water partition coefficient (Wildman–Crippen LogP) is 9.35. The second kappa shape index (κ2) is 19.6. The fourth-order valence-corrected chi connectivity index (χ4v) is 18.8. The Hall–Kier alpha value is -0.409. The van der Waals surface area contributed by atoms with Crippen LogP contribution in [0.5, 0.6) is 0 Å². The van der Waals surface area contributed by atoms with Crippen molar-refractivity contribution < 1.29 is 17.4 Å². The van der Waals surface area contributed by atoms with Gasteiger partial charge in [-0.3, -0.25) is 0 Å². The van der Waals surface area contributed by atoms with E-state index in [1.165, 1.54) is 115 Å². The molecule has 1 atom stereocenters. The summed E-state index contributed by atoms with van der Waals surface area (Å²) < 4.78 is 6.10. The van der Waals surface area contributed by atoms with Crippen LogP contribution in [0, 0.1) is 12.8 Å². The molecule has 1 unspecified atom stereocenters. The van der Waals surface area contributed by atoms with Crippen LogP contribution >= 0.6 is 0 Å². The number of aryl methyl sites for hydroxylation is 1. The zero-order valence-corrected chi connectivity index (χ0v) is 28.6. The van der Waals surface area contributed by atoms with Crippen molar-refractivity contribution in [2.45, 2.75) is 144 Å². The van der Waals surface area contributed by atoms with Crippen molar-refractivity contribution >= 4 is 12.6 Å². The molecule has 1 aliphatic carbocycles. The molecule has 0 bridgehead atoms. The van der Waals surface area contributed by atoms with Gasteiger partial charge < -0.3 is 0 Å². The van der Waals surface area contributed by atoms with E-state index >= 15 is 0 Å². The Morgan fingerprint density at radius 3 is 1.62 bits per heavy atom. The van der Waals surface area contributed by atoms with Crippen LogP contribution in [-0.4, -0.2) is 13.9 Å². The van der Waals surface area contributed by atoms with Crippen molar-refractivity contribution in [3.63, 3.8) is 0 Å². The summed E-state index contributed by atoms with van der Waals surface area (Å²) >= 11 is -1.44. The molecule has 1 aliphatic rings. The van der Waals surface area contributed by atoms with E-state index in [-0.39, 0.29) is 7.39 Å². The van der Waals surface area contributed by atoms with Crippen LogP contribution in [0.4, 0.5) is 0 Å². The molecule has 1 aromatic rings. The van der Waals surface area contributed by atoms with E-state index in [1.54, 1.807) is 21.9 Å². The SMILES string of the molecule is CCCCCCCCCCCCCCCCCC[NH][Ti]([SiH2]c1ccccc1C)[C]1=C(C)C(C)=C(C)C1C. The van der Waals surface area contributed by atoms with Crippen LogP contribution in [0.25, 0.3) is 0 Å². The molecule has 0 aliphatic heterocycles. The maximum atomic E-state index is 4.23. The molecule has 3 heteroatoms. The Bertz CT molecular complexity index is 827. The van der Waals surface area contributed by atoms with Crippen LogP contribution in [-0.2, 0) is 17.4 Å². The number of rotatable bonds is 21. The van der Waals surface area contributed by atoms with Crippen molar-refractivity contribution in [2.24, 2.45) is 5.92 Å². The van der Waals surface area contributed by atoms with Crippen molar-refractivity contribution in [2.75, 3.05) is 6.54 Å². The molecule has 209 valence electrons. The monoisotopic (exact) mass is 558 g/mol. The number of nitrogens with one attached hydrogen (secondary N) is 1. The van der Waals surface area contributed by atoms with Gasteiger partial charge in [0.15, 0.2) is 0 Å². The fraction of sp³-hybridized carbons (Fsp3) is 0.706. The Balaban J connectivity index is 1.60. The summed E-state index contributed by atoms with van der Waals surface area (Å²) in [4.78, 5) is 0. The first kappa shape index (κ1) is 32.8.